The lowest BCUT2D eigenvalue weighted by atomic mass is 10.2. The van der Waals surface area contributed by atoms with Crippen molar-refractivity contribution in [1.29, 1.82) is 0 Å². The van der Waals surface area contributed by atoms with E-state index in [4.69, 9.17) is 16.0 Å². The first-order valence-electron chi connectivity index (χ1n) is 10.1. The molecule has 1 aliphatic heterocycles. The first-order chi connectivity index (χ1) is 16.7. The summed E-state index contributed by atoms with van der Waals surface area (Å²) in [5.74, 6) is -0.836. The van der Waals surface area contributed by atoms with E-state index in [1.54, 1.807) is 36.4 Å². The Morgan fingerprint density at radius 3 is 2.63 bits per heavy atom. The normalized spacial score (nSPS) is 15.1. The van der Waals surface area contributed by atoms with Crippen LogP contribution in [-0.4, -0.2) is 36.9 Å². The van der Waals surface area contributed by atoms with Crippen molar-refractivity contribution < 1.29 is 27.2 Å². The van der Waals surface area contributed by atoms with Gasteiger partial charge in [0.05, 0.1) is 22.6 Å². The summed E-state index contributed by atoms with van der Waals surface area (Å²) in [5, 5.41) is 2.35. The van der Waals surface area contributed by atoms with Crippen molar-refractivity contribution in [3.63, 3.8) is 0 Å². The van der Waals surface area contributed by atoms with Gasteiger partial charge in [-0.2, -0.15) is 0 Å². The molecule has 2 aromatic carbocycles. The van der Waals surface area contributed by atoms with E-state index in [-0.39, 0.29) is 22.0 Å². The van der Waals surface area contributed by atoms with E-state index in [1.165, 1.54) is 36.6 Å². The molecule has 1 aromatic heterocycles. The molecule has 3 amide bonds. The van der Waals surface area contributed by atoms with Gasteiger partial charge in [-0.1, -0.05) is 35.9 Å². The second kappa shape index (κ2) is 10.5. The van der Waals surface area contributed by atoms with E-state index < -0.39 is 33.6 Å². The zero-order chi connectivity index (χ0) is 25.0. The lowest BCUT2D eigenvalue weighted by molar-refractivity contribution is -0.127. The molecule has 0 aliphatic carbocycles. The predicted molar refractivity (Wildman–Crippen MR) is 132 cm³/mol. The van der Waals surface area contributed by atoms with Crippen LogP contribution in [0.4, 0.5) is 10.5 Å². The van der Waals surface area contributed by atoms with Gasteiger partial charge >= 0.3 is 0 Å². The number of imide groups is 1. The van der Waals surface area contributed by atoms with Crippen molar-refractivity contribution in [3.05, 3.63) is 88.2 Å². The fraction of sp³-hybridized carbons (Fsp3) is 0.0870. The van der Waals surface area contributed by atoms with Gasteiger partial charge in [0.2, 0.25) is 15.9 Å². The summed E-state index contributed by atoms with van der Waals surface area (Å²) in [7, 11) is -3.88. The van der Waals surface area contributed by atoms with E-state index in [0.29, 0.717) is 28.1 Å². The standard InChI is InChI=1S/C23H18ClN3O6S2/c24-19-9-2-1-5-15(19)11-20-22(29)27(23(30)34-20)14-21(28)26-16-6-3-8-18(12-16)35(31,32)25-13-17-7-4-10-33-17/h1-12,25H,13-14H2,(H,26,28). The Bertz CT molecular complexity index is 1420. The van der Waals surface area contributed by atoms with Crippen molar-refractivity contribution in [2.75, 3.05) is 11.9 Å². The SMILES string of the molecule is O=C(CN1C(=O)SC(=Cc2ccccc2Cl)C1=O)Nc1cccc(S(=O)(=O)NCc2ccco2)c1. The number of anilines is 1. The van der Waals surface area contributed by atoms with Crippen LogP contribution in [0, 0.1) is 0 Å². The molecule has 35 heavy (non-hydrogen) atoms. The number of nitrogens with zero attached hydrogens (tertiary/aromatic N) is 1. The van der Waals surface area contributed by atoms with Gasteiger partial charge in [0.25, 0.3) is 11.1 Å². The van der Waals surface area contributed by atoms with Gasteiger partial charge in [0.15, 0.2) is 0 Å². The van der Waals surface area contributed by atoms with E-state index in [1.807, 2.05) is 0 Å². The number of halogens is 1. The van der Waals surface area contributed by atoms with Gasteiger partial charge < -0.3 is 9.73 Å². The summed E-state index contributed by atoms with van der Waals surface area (Å²) in [6, 6.07) is 15.7. The second-order valence-corrected chi connectivity index (χ2v) is 10.4. The Morgan fingerprint density at radius 1 is 1.09 bits per heavy atom. The first-order valence-corrected chi connectivity index (χ1v) is 12.8. The highest BCUT2D eigenvalue weighted by atomic mass is 35.5. The summed E-state index contributed by atoms with van der Waals surface area (Å²) >= 11 is 6.82. The smallest absolute Gasteiger partial charge is 0.294 e. The van der Waals surface area contributed by atoms with Gasteiger partial charge in [-0.05, 0) is 59.8 Å². The van der Waals surface area contributed by atoms with Crippen molar-refractivity contribution in [3.8, 4) is 0 Å². The number of rotatable bonds is 8. The van der Waals surface area contributed by atoms with Gasteiger partial charge in [-0.25, -0.2) is 13.1 Å². The first kappa shape index (κ1) is 24.7. The van der Waals surface area contributed by atoms with Gasteiger partial charge in [-0.3, -0.25) is 19.3 Å². The number of hydrogen-bond donors (Lipinski definition) is 2. The fourth-order valence-corrected chi connectivity index (χ4v) is 5.18. The molecule has 0 saturated carbocycles. The summed E-state index contributed by atoms with van der Waals surface area (Å²) in [4.78, 5) is 38.4. The largest absolute Gasteiger partial charge is 0.468 e. The van der Waals surface area contributed by atoms with E-state index in [2.05, 4.69) is 10.0 Å². The minimum absolute atomic E-state index is 0.0349. The number of furan rings is 1. The zero-order valence-corrected chi connectivity index (χ0v) is 20.3. The molecule has 0 atom stereocenters. The molecule has 2 heterocycles. The van der Waals surface area contributed by atoms with Crippen molar-refractivity contribution in [1.82, 2.24) is 9.62 Å². The second-order valence-electron chi connectivity index (χ2n) is 7.27. The third-order valence-electron chi connectivity index (χ3n) is 4.81. The molecular weight excluding hydrogens is 514 g/mol. The molecule has 12 heteroatoms. The minimum atomic E-state index is -3.88. The summed E-state index contributed by atoms with van der Waals surface area (Å²) < 4.78 is 32.6. The Labute approximate surface area is 210 Å². The molecule has 0 unspecified atom stereocenters. The number of sulfonamides is 1. The molecule has 2 N–H and O–H groups in total. The lowest BCUT2D eigenvalue weighted by Gasteiger charge is -2.13. The van der Waals surface area contributed by atoms with Crippen molar-refractivity contribution >= 4 is 62.2 Å². The van der Waals surface area contributed by atoms with Crippen LogP contribution in [0.5, 0.6) is 0 Å². The van der Waals surface area contributed by atoms with Gasteiger partial charge in [0.1, 0.15) is 12.3 Å². The van der Waals surface area contributed by atoms with Crippen LogP contribution < -0.4 is 10.0 Å². The third kappa shape index (κ3) is 6.01. The van der Waals surface area contributed by atoms with Crippen LogP contribution in [0.15, 0.2) is 81.1 Å². The summed E-state index contributed by atoms with van der Waals surface area (Å²) in [6.45, 7) is -0.564. The Balaban J connectivity index is 1.41. The molecule has 1 fully saturated rings. The third-order valence-corrected chi connectivity index (χ3v) is 7.46. The van der Waals surface area contributed by atoms with Crippen LogP contribution in [0.2, 0.25) is 5.02 Å². The Hall–Kier alpha value is -3.38. The summed E-state index contributed by atoms with van der Waals surface area (Å²) in [6.07, 6.45) is 2.93. The zero-order valence-electron chi connectivity index (χ0n) is 17.9. The molecule has 0 radical (unpaired) electrons. The molecule has 180 valence electrons. The average molecular weight is 532 g/mol. The minimum Gasteiger partial charge on any atom is -0.468 e. The Kier molecular flexibility index (Phi) is 7.41. The molecule has 9 nitrogen and oxygen atoms in total. The molecule has 0 spiro atoms. The highest BCUT2D eigenvalue weighted by Crippen LogP contribution is 2.33. The molecule has 4 rings (SSSR count). The van der Waals surface area contributed by atoms with Crippen LogP contribution in [0.3, 0.4) is 0 Å². The molecule has 3 aromatic rings. The highest BCUT2D eigenvalue weighted by Gasteiger charge is 2.36. The van der Waals surface area contributed by atoms with E-state index in [0.717, 1.165) is 4.90 Å². The predicted octanol–water partition coefficient (Wildman–Crippen LogP) is 4.09. The maximum atomic E-state index is 12.7. The van der Waals surface area contributed by atoms with Crippen LogP contribution in [0.1, 0.15) is 11.3 Å². The molecule has 1 saturated heterocycles. The number of hydrogen-bond acceptors (Lipinski definition) is 7. The van der Waals surface area contributed by atoms with Crippen molar-refractivity contribution in [2.24, 2.45) is 0 Å². The van der Waals surface area contributed by atoms with Crippen LogP contribution >= 0.6 is 23.4 Å². The van der Waals surface area contributed by atoms with E-state index in [9.17, 15) is 22.8 Å². The van der Waals surface area contributed by atoms with Gasteiger partial charge in [0, 0.05) is 10.7 Å². The number of amides is 3. The van der Waals surface area contributed by atoms with Crippen LogP contribution in [0.25, 0.3) is 6.08 Å². The highest BCUT2D eigenvalue weighted by molar-refractivity contribution is 8.18. The molecule has 0 bridgehead atoms. The van der Waals surface area contributed by atoms with E-state index >= 15 is 0 Å². The number of carbonyl (C=O) groups is 3. The van der Waals surface area contributed by atoms with Crippen LogP contribution in [-0.2, 0) is 26.2 Å². The van der Waals surface area contributed by atoms with Crippen molar-refractivity contribution in [2.45, 2.75) is 11.4 Å². The topological polar surface area (TPSA) is 126 Å². The Morgan fingerprint density at radius 2 is 1.89 bits per heavy atom. The number of nitrogens with one attached hydrogen (secondary N) is 2. The monoisotopic (exact) mass is 531 g/mol. The maximum absolute atomic E-state index is 12.7. The fourth-order valence-electron chi connectivity index (χ4n) is 3.12. The molecular formula is C23H18ClN3O6S2. The average Bonchev–Trinajstić information content (AvgIpc) is 3.44. The number of thioether (sulfide) groups is 1. The quantitative estimate of drug-likeness (QED) is 0.419. The lowest BCUT2D eigenvalue weighted by Crippen LogP contribution is -2.36. The summed E-state index contributed by atoms with van der Waals surface area (Å²) in [5.41, 5.74) is 0.761. The molecule has 1 aliphatic rings. The van der Waals surface area contributed by atoms with Gasteiger partial charge in [-0.15, -0.1) is 0 Å². The number of carbonyl (C=O) groups excluding carboxylic acids is 3. The number of benzene rings is 2. The maximum Gasteiger partial charge on any atom is 0.294 e.